The van der Waals surface area contributed by atoms with E-state index in [-0.39, 0.29) is 0 Å². The van der Waals surface area contributed by atoms with Crippen molar-refractivity contribution >= 4 is 181 Å². The van der Waals surface area contributed by atoms with Crippen molar-refractivity contribution < 1.29 is 18.9 Å². The molecule has 488 valence electrons. The van der Waals surface area contributed by atoms with Gasteiger partial charge in [-0.05, 0) is 219 Å². The number of benzene rings is 18. The van der Waals surface area contributed by atoms with E-state index < -0.39 is 7.12 Å². The van der Waals surface area contributed by atoms with Crippen molar-refractivity contribution in [2.45, 2.75) is 0 Å². The summed E-state index contributed by atoms with van der Waals surface area (Å²) in [5, 5.41) is 43.7. The zero-order chi connectivity index (χ0) is 69.1. The molecule has 22 aromatic rings. The van der Waals surface area contributed by atoms with Crippen LogP contribution in [0.1, 0.15) is 0 Å². The van der Waals surface area contributed by atoms with E-state index in [1.54, 1.807) is 0 Å². The van der Waals surface area contributed by atoms with Crippen LogP contribution < -0.4 is 5.46 Å². The standard InChI is InChI=1S/C48H29NO.C32H22BNO2.C16H9BrO/c1-2-14-34(15-3-1)49-43-21-11-10-16-35(43)40-27-32(22-24-44(40)49)47-36-17-6-8-19-38(36)48(39-20-9-7-18-37(39)47)33-23-25-45-41(28-33)42-26-30-12-4-5-13-31(30)29-46(42)50-45;35-33(36)32-26-15-6-4-13-24(26)31(25-14-5-7-16-27(25)32)21-18-19-30-28(20-21)23-12-8-9-17-29(23)34(30)22-10-2-1-3-11-22;17-12-5-6-15-14(9-12)13-7-10-3-1-2-4-11(10)8-16(13)18-15/h1-29H;1-20,35-36H;1-9H. The molecule has 0 saturated carbocycles. The highest BCUT2D eigenvalue weighted by Crippen LogP contribution is 2.48. The van der Waals surface area contributed by atoms with Gasteiger partial charge in [-0.2, -0.15) is 0 Å². The van der Waals surface area contributed by atoms with Crippen molar-refractivity contribution in [3.05, 3.63) is 356 Å². The predicted molar refractivity (Wildman–Crippen MR) is 441 cm³/mol. The number of furan rings is 2. The van der Waals surface area contributed by atoms with Gasteiger partial charge in [0.2, 0.25) is 0 Å². The molecular weight excluding hydrogens is 1340 g/mol. The second kappa shape index (κ2) is 24.8. The van der Waals surface area contributed by atoms with E-state index in [0.717, 1.165) is 86.8 Å². The smallest absolute Gasteiger partial charge is 0.456 e. The van der Waals surface area contributed by atoms with Gasteiger partial charge in [-0.1, -0.05) is 253 Å². The Kier molecular flexibility index (Phi) is 14.5. The molecule has 6 nitrogen and oxygen atoms in total. The van der Waals surface area contributed by atoms with Crippen molar-refractivity contribution in [2.24, 2.45) is 0 Å². The molecular formula is C96H60BBrN2O4. The molecule has 2 N–H and O–H groups in total. The van der Waals surface area contributed by atoms with E-state index in [4.69, 9.17) is 8.83 Å². The lowest BCUT2D eigenvalue weighted by atomic mass is 9.72. The summed E-state index contributed by atoms with van der Waals surface area (Å²) >= 11 is 3.51. The van der Waals surface area contributed by atoms with Crippen LogP contribution in [0.25, 0.3) is 197 Å². The van der Waals surface area contributed by atoms with Crippen molar-refractivity contribution in [1.29, 1.82) is 0 Å². The first kappa shape index (κ1) is 61.1. The molecule has 0 fully saturated rings. The summed E-state index contributed by atoms with van der Waals surface area (Å²) in [5.74, 6) is 0. The SMILES string of the molecule is Brc1ccc2oc3cc4ccccc4cc3c2c1.OB(O)c1c2ccccc2c(-c2ccc3c(c2)c2ccccc2n3-c2ccccc2)c2ccccc12.c1ccc(-n2c3ccccc3c3cc(-c4c5ccccc5c(-c5ccc6oc7cc8ccccc8cc7c6c5)c5ccccc45)ccc32)cc1. The molecule has 0 atom stereocenters. The second-order valence-corrected chi connectivity index (χ2v) is 27.8. The fourth-order valence-corrected chi connectivity index (χ4v) is 16.9. The Morgan fingerprint density at radius 1 is 0.231 bits per heavy atom. The number of hydrogen-bond acceptors (Lipinski definition) is 4. The summed E-state index contributed by atoms with van der Waals surface area (Å²) < 4.78 is 18.1. The van der Waals surface area contributed by atoms with Gasteiger partial charge in [0.1, 0.15) is 22.3 Å². The average Bonchev–Trinajstić information content (AvgIpc) is 1.00. The third-order valence-electron chi connectivity index (χ3n) is 21.0. The number of para-hydroxylation sites is 4. The van der Waals surface area contributed by atoms with Crippen molar-refractivity contribution in [1.82, 2.24) is 9.13 Å². The van der Waals surface area contributed by atoms with E-state index in [2.05, 4.69) is 316 Å². The van der Waals surface area contributed by atoms with Crippen LogP contribution >= 0.6 is 15.9 Å². The van der Waals surface area contributed by atoms with Gasteiger partial charge in [-0.3, -0.25) is 0 Å². The summed E-state index contributed by atoms with van der Waals surface area (Å²) in [7, 11) is -1.56. The Morgan fingerprint density at radius 3 is 0.942 bits per heavy atom. The van der Waals surface area contributed by atoms with Crippen LogP contribution in [0.4, 0.5) is 0 Å². The maximum atomic E-state index is 10.3. The second-order valence-electron chi connectivity index (χ2n) is 26.9. The Hall–Kier alpha value is -12.8. The first-order chi connectivity index (χ1) is 51.3. The lowest BCUT2D eigenvalue weighted by Crippen LogP contribution is -2.31. The summed E-state index contributed by atoms with van der Waals surface area (Å²) in [6, 6.07) is 124. The highest BCUT2D eigenvalue weighted by atomic mass is 79.9. The Labute approximate surface area is 605 Å². The highest BCUT2D eigenvalue weighted by Gasteiger charge is 2.25. The number of hydrogen-bond donors (Lipinski definition) is 2. The minimum Gasteiger partial charge on any atom is -0.456 e. The van der Waals surface area contributed by atoms with Gasteiger partial charge >= 0.3 is 7.12 Å². The van der Waals surface area contributed by atoms with E-state index >= 15 is 0 Å². The minimum absolute atomic E-state index is 0.548. The molecule has 4 aromatic heterocycles. The van der Waals surface area contributed by atoms with Gasteiger partial charge < -0.3 is 28.0 Å². The van der Waals surface area contributed by atoms with Crippen LogP contribution in [0.15, 0.2) is 365 Å². The van der Waals surface area contributed by atoms with E-state index in [1.165, 1.54) is 115 Å². The van der Waals surface area contributed by atoms with E-state index in [1.807, 2.05) is 60.7 Å². The van der Waals surface area contributed by atoms with E-state index in [0.29, 0.717) is 5.46 Å². The molecule has 0 unspecified atom stereocenters. The summed E-state index contributed by atoms with van der Waals surface area (Å²) in [4.78, 5) is 0. The molecule has 22 rings (SSSR count). The van der Waals surface area contributed by atoms with Gasteiger partial charge in [0, 0.05) is 58.9 Å². The lowest BCUT2D eigenvalue weighted by molar-refractivity contribution is 0.426. The monoisotopic (exact) mass is 1390 g/mol. The third-order valence-corrected chi connectivity index (χ3v) is 21.5. The summed E-state index contributed by atoms with van der Waals surface area (Å²) in [6.07, 6.45) is 0. The van der Waals surface area contributed by atoms with Gasteiger partial charge in [0.05, 0.1) is 22.1 Å². The first-order valence-electron chi connectivity index (χ1n) is 35.1. The molecule has 18 aromatic carbocycles. The molecule has 0 aliphatic carbocycles. The predicted octanol–water partition coefficient (Wildman–Crippen LogP) is 25.4. The van der Waals surface area contributed by atoms with Crippen molar-refractivity contribution in [2.75, 3.05) is 0 Å². The topological polar surface area (TPSA) is 76.6 Å². The molecule has 0 saturated heterocycles. The lowest BCUT2D eigenvalue weighted by Gasteiger charge is -2.18. The third kappa shape index (κ3) is 10.0. The van der Waals surface area contributed by atoms with E-state index in [9.17, 15) is 10.0 Å². The maximum absolute atomic E-state index is 10.3. The zero-order valence-corrected chi connectivity index (χ0v) is 57.6. The molecule has 4 heterocycles. The first-order valence-corrected chi connectivity index (χ1v) is 35.9. The fraction of sp³-hybridized carbons (Fsp3) is 0. The maximum Gasteiger partial charge on any atom is 0.489 e. The van der Waals surface area contributed by atoms with Gasteiger partial charge in [-0.25, -0.2) is 0 Å². The van der Waals surface area contributed by atoms with Gasteiger partial charge in [-0.15, -0.1) is 0 Å². The molecule has 104 heavy (non-hydrogen) atoms. The summed E-state index contributed by atoms with van der Waals surface area (Å²) in [5.41, 5.74) is 18.4. The number of nitrogens with zero attached hydrogens (tertiary/aromatic N) is 2. The van der Waals surface area contributed by atoms with Crippen LogP contribution in [0.2, 0.25) is 0 Å². The number of fused-ring (bicyclic) bond motifs is 18. The Balaban J connectivity index is 0.000000116. The van der Waals surface area contributed by atoms with Crippen LogP contribution in [0, 0.1) is 0 Å². The molecule has 0 spiro atoms. The quantitative estimate of drug-likeness (QED) is 0.128. The normalized spacial score (nSPS) is 11.8. The molecule has 0 amide bonds. The fourth-order valence-electron chi connectivity index (χ4n) is 16.5. The van der Waals surface area contributed by atoms with Gasteiger partial charge in [0.15, 0.2) is 0 Å². The zero-order valence-electron chi connectivity index (χ0n) is 56.0. The van der Waals surface area contributed by atoms with Crippen LogP contribution in [-0.4, -0.2) is 26.3 Å². The Bertz CT molecular complexity index is 7120. The van der Waals surface area contributed by atoms with Crippen molar-refractivity contribution in [3.8, 4) is 44.8 Å². The average molecular weight is 1400 g/mol. The number of aromatic nitrogens is 2. The molecule has 0 bridgehead atoms. The largest absolute Gasteiger partial charge is 0.489 e. The number of rotatable bonds is 6. The van der Waals surface area contributed by atoms with Crippen LogP contribution in [-0.2, 0) is 0 Å². The molecule has 0 radical (unpaired) electrons. The Morgan fingerprint density at radius 2 is 0.529 bits per heavy atom. The van der Waals surface area contributed by atoms with Crippen LogP contribution in [0.5, 0.6) is 0 Å². The minimum atomic E-state index is -1.56. The summed E-state index contributed by atoms with van der Waals surface area (Å²) in [6.45, 7) is 0. The van der Waals surface area contributed by atoms with Crippen LogP contribution in [0.3, 0.4) is 0 Å². The molecule has 0 aliphatic heterocycles. The van der Waals surface area contributed by atoms with Crippen molar-refractivity contribution in [3.63, 3.8) is 0 Å². The molecule has 0 aliphatic rings. The molecule has 8 heteroatoms. The van der Waals surface area contributed by atoms with Gasteiger partial charge in [0.25, 0.3) is 0 Å². The highest BCUT2D eigenvalue weighted by molar-refractivity contribution is 9.10. The number of halogens is 1.